The molecule has 2 heterocycles. The van der Waals surface area contributed by atoms with Crippen molar-refractivity contribution in [3.05, 3.63) is 74.5 Å². The van der Waals surface area contributed by atoms with Crippen LogP contribution in [0.5, 0.6) is 0 Å². The summed E-state index contributed by atoms with van der Waals surface area (Å²) in [6.45, 7) is 0. The highest BCUT2D eigenvalue weighted by Gasteiger charge is 2.10. The summed E-state index contributed by atoms with van der Waals surface area (Å²) >= 11 is 7.38. The second-order valence-corrected chi connectivity index (χ2v) is 6.91. The van der Waals surface area contributed by atoms with Crippen molar-refractivity contribution in [2.75, 3.05) is 0 Å². The van der Waals surface area contributed by atoms with Crippen LogP contribution in [0.2, 0.25) is 5.02 Å². The maximum absolute atomic E-state index is 12.3. The minimum atomic E-state index is -0.240. The fourth-order valence-corrected chi connectivity index (χ4v) is 3.66. The van der Waals surface area contributed by atoms with Gasteiger partial charge in [-0.2, -0.15) is 5.26 Å². The number of hydrogen-bond donors (Lipinski definition) is 1. The molecule has 0 radical (unpaired) electrons. The summed E-state index contributed by atoms with van der Waals surface area (Å²) in [5.41, 5.74) is 2.03. The maximum Gasteiger partial charge on any atom is 0.255 e. The van der Waals surface area contributed by atoms with Crippen LogP contribution in [0.15, 0.2) is 53.3 Å². The number of thiazole rings is 1. The number of hydrogen-bond acceptors (Lipinski definition) is 4. The second-order valence-electron chi connectivity index (χ2n) is 5.44. The predicted octanol–water partition coefficient (Wildman–Crippen LogP) is 4.86. The molecule has 1 N–H and O–H groups in total. The molecule has 2 aromatic carbocycles. The number of aromatic nitrogens is 2. The zero-order valence-corrected chi connectivity index (χ0v) is 14.4. The van der Waals surface area contributed by atoms with Crippen molar-refractivity contribution in [2.24, 2.45) is 0 Å². The van der Waals surface area contributed by atoms with Gasteiger partial charge in [-0.1, -0.05) is 29.8 Å². The molecule has 0 aliphatic heterocycles. The van der Waals surface area contributed by atoms with Gasteiger partial charge in [-0.15, -0.1) is 11.3 Å². The number of halogens is 1. The van der Waals surface area contributed by atoms with Gasteiger partial charge in [0.1, 0.15) is 11.1 Å². The molecule has 0 atom stereocenters. The summed E-state index contributed by atoms with van der Waals surface area (Å²) < 4.78 is 0.938. The third-order valence-corrected chi connectivity index (χ3v) is 5.09. The summed E-state index contributed by atoms with van der Waals surface area (Å²) in [7, 11) is 0. The first-order chi connectivity index (χ1) is 12.1. The molecule has 0 aliphatic rings. The van der Waals surface area contributed by atoms with Gasteiger partial charge in [-0.05, 0) is 41.8 Å². The lowest BCUT2D eigenvalue weighted by Gasteiger charge is -2.00. The van der Waals surface area contributed by atoms with Gasteiger partial charge in [0.05, 0.1) is 15.8 Å². The minimum absolute atomic E-state index is 0.240. The molecule has 0 amide bonds. The number of nitrogens with zero attached hydrogens (tertiary/aromatic N) is 2. The van der Waals surface area contributed by atoms with Crippen LogP contribution in [-0.2, 0) is 0 Å². The van der Waals surface area contributed by atoms with Gasteiger partial charge in [-0.25, -0.2) is 4.98 Å². The Bertz CT molecular complexity index is 1250. The van der Waals surface area contributed by atoms with Crippen molar-refractivity contribution in [3.8, 4) is 6.07 Å². The van der Waals surface area contributed by atoms with E-state index in [0.29, 0.717) is 21.2 Å². The number of nitrogens with one attached hydrogen (secondary N) is 1. The Morgan fingerprint density at radius 3 is 2.92 bits per heavy atom. The first-order valence-corrected chi connectivity index (χ1v) is 8.64. The van der Waals surface area contributed by atoms with E-state index in [4.69, 9.17) is 11.6 Å². The van der Waals surface area contributed by atoms with E-state index in [1.165, 1.54) is 11.3 Å². The van der Waals surface area contributed by atoms with Crippen molar-refractivity contribution in [2.45, 2.75) is 0 Å². The summed E-state index contributed by atoms with van der Waals surface area (Å²) in [5, 5.41) is 11.6. The Hall–Kier alpha value is -2.94. The van der Waals surface area contributed by atoms with Crippen LogP contribution < -0.4 is 5.56 Å². The maximum atomic E-state index is 12.3. The lowest BCUT2D eigenvalue weighted by atomic mass is 10.1. The molecule has 0 bridgehead atoms. The monoisotopic (exact) mass is 363 g/mol. The number of para-hydroxylation sites is 1. The molecule has 0 aliphatic carbocycles. The van der Waals surface area contributed by atoms with E-state index < -0.39 is 0 Å². The smallest absolute Gasteiger partial charge is 0.255 e. The van der Waals surface area contributed by atoms with E-state index in [1.54, 1.807) is 24.3 Å². The van der Waals surface area contributed by atoms with Gasteiger partial charge in [0.2, 0.25) is 0 Å². The quantitative estimate of drug-likeness (QED) is 0.517. The summed E-state index contributed by atoms with van der Waals surface area (Å²) in [6, 6.07) is 16.8. The molecule has 4 rings (SSSR count). The number of pyridine rings is 1. The number of allylic oxidation sites excluding steroid dienone is 1. The standard InChI is InChI=1S/C19H10ClN3OS/c20-14-5-6-17-16(9-14)23-19(25-17)13(10-21)8-12-7-11-3-1-2-4-15(11)22-18(12)24/h1-9H,(H,22,24)/b13-8+. The van der Waals surface area contributed by atoms with Crippen LogP contribution in [-0.4, -0.2) is 9.97 Å². The Labute approximate surface area is 151 Å². The van der Waals surface area contributed by atoms with Crippen molar-refractivity contribution < 1.29 is 0 Å². The Kier molecular flexibility index (Phi) is 3.85. The lowest BCUT2D eigenvalue weighted by Crippen LogP contribution is -2.08. The minimum Gasteiger partial charge on any atom is -0.321 e. The Balaban J connectivity index is 1.86. The second kappa shape index (κ2) is 6.17. The molecule has 25 heavy (non-hydrogen) atoms. The molecule has 120 valence electrons. The highest BCUT2D eigenvalue weighted by molar-refractivity contribution is 7.19. The molecule has 0 saturated carbocycles. The van der Waals surface area contributed by atoms with E-state index in [1.807, 2.05) is 30.3 Å². The third kappa shape index (κ3) is 2.93. The van der Waals surface area contributed by atoms with Crippen molar-refractivity contribution in [1.29, 1.82) is 5.26 Å². The van der Waals surface area contributed by atoms with E-state index >= 15 is 0 Å². The molecule has 0 unspecified atom stereocenters. The fraction of sp³-hybridized carbons (Fsp3) is 0. The zero-order chi connectivity index (χ0) is 17.4. The summed E-state index contributed by atoms with van der Waals surface area (Å²) in [6.07, 6.45) is 1.57. The van der Waals surface area contributed by atoms with Gasteiger partial charge < -0.3 is 4.98 Å². The van der Waals surface area contributed by atoms with Gasteiger partial charge in [0, 0.05) is 16.1 Å². The highest BCUT2D eigenvalue weighted by atomic mass is 35.5. The van der Waals surface area contributed by atoms with Gasteiger partial charge in [0.15, 0.2) is 0 Å². The molecule has 0 spiro atoms. The molecule has 4 nitrogen and oxygen atoms in total. The number of H-pyrrole nitrogens is 1. The number of fused-ring (bicyclic) bond motifs is 2. The molecule has 2 aromatic heterocycles. The van der Waals surface area contributed by atoms with Crippen molar-refractivity contribution in [3.63, 3.8) is 0 Å². The molecule has 4 aromatic rings. The number of aromatic amines is 1. The highest BCUT2D eigenvalue weighted by Crippen LogP contribution is 2.29. The molecular formula is C19H10ClN3OS. The number of nitriles is 1. The Morgan fingerprint density at radius 2 is 2.08 bits per heavy atom. The van der Waals surface area contributed by atoms with Crippen LogP contribution in [0, 0.1) is 11.3 Å². The van der Waals surface area contributed by atoms with Gasteiger partial charge in [0.25, 0.3) is 5.56 Å². The predicted molar refractivity (Wildman–Crippen MR) is 103 cm³/mol. The molecule has 6 heteroatoms. The van der Waals surface area contributed by atoms with E-state index in [2.05, 4.69) is 16.0 Å². The molecule has 0 saturated heterocycles. The lowest BCUT2D eigenvalue weighted by molar-refractivity contribution is 1.29. The average Bonchev–Trinajstić information content (AvgIpc) is 3.02. The number of benzene rings is 2. The first-order valence-electron chi connectivity index (χ1n) is 7.44. The first kappa shape index (κ1) is 15.6. The SMILES string of the molecule is N#C/C(=C\c1cc2ccccc2[nH]c1=O)c1nc2cc(Cl)ccc2s1. The molecule has 0 fully saturated rings. The average molecular weight is 364 g/mol. The van der Waals surface area contributed by atoms with E-state index in [-0.39, 0.29) is 5.56 Å². The summed E-state index contributed by atoms with van der Waals surface area (Å²) in [5.74, 6) is 0. The van der Waals surface area contributed by atoms with Gasteiger partial charge in [-0.3, -0.25) is 4.79 Å². The van der Waals surface area contributed by atoms with E-state index in [9.17, 15) is 10.1 Å². The third-order valence-electron chi connectivity index (χ3n) is 3.78. The summed E-state index contributed by atoms with van der Waals surface area (Å²) in [4.78, 5) is 19.6. The van der Waals surface area contributed by atoms with Gasteiger partial charge >= 0.3 is 0 Å². The van der Waals surface area contributed by atoms with Crippen LogP contribution in [0.1, 0.15) is 10.6 Å². The van der Waals surface area contributed by atoms with Crippen molar-refractivity contribution in [1.82, 2.24) is 9.97 Å². The zero-order valence-electron chi connectivity index (χ0n) is 12.8. The van der Waals surface area contributed by atoms with E-state index in [0.717, 1.165) is 21.1 Å². The topological polar surface area (TPSA) is 69.5 Å². The van der Waals surface area contributed by atoms with Crippen LogP contribution in [0.4, 0.5) is 0 Å². The van der Waals surface area contributed by atoms with Crippen LogP contribution >= 0.6 is 22.9 Å². The van der Waals surface area contributed by atoms with Crippen molar-refractivity contribution >= 4 is 55.7 Å². The largest absolute Gasteiger partial charge is 0.321 e. The molecular weight excluding hydrogens is 354 g/mol. The normalized spacial score (nSPS) is 11.8. The fourth-order valence-electron chi connectivity index (χ4n) is 2.58. The number of rotatable bonds is 2. The van der Waals surface area contributed by atoms with Crippen LogP contribution in [0.3, 0.4) is 0 Å². The Morgan fingerprint density at radius 1 is 1.24 bits per heavy atom. The van der Waals surface area contributed by atoms with Crippen LogP contribution in [0.25, 0.3) is 32.8 Å².